The van der Waals surface area contributed by atoms with Crippen LogP contribution in [0.5, 0.6) is 0 Å². The van der Waals surface area contributed by atoms with Gasteiger partial charge >= 0.3 is 8.25 Å². The van der Waals surface area contributed by atoms with Gasteiger partial charge in [0.1, 0.15) is 0 Å². The van der Waals surface area contributed by atoms with E-state index in [1.807, 2.05) is 0 Å². The first kappa shape index (κ1) is 15.2. The highest BCUT2D eigenvalue weighted by Crippen LogP contribution is 2.28. The van der Waals surface area contributed by atoms with E-state index in [4.69, 9.17) is 15.8 Å². The fourth-order valence-corrected chi connectivity index (χ4v) is 2.52. The van der Waals surface area contributed by atoms with Crippen LogP contribution in [0.3, 0.4) is 0 Å². The summed E-state index contributed by atoms with van der Waals surface area (Å²) in [7, 11) is -3.01. The first-order valence-corrected chi connectivity index (χ1v) is 7.08. The number of unbranched alkanes of at least 4 members (excludes halogenated alkanes) is 1. The Balaban J connectivity index is 2.50. The van der Waals surface area contributed by atoms with Crippen LogP contribution in [0.15, 0.2) is 0 Å². The maximum Gasteiger partial charge on any atom is 0.316 e. The molecule has 1 aliphatic rings. The van der Waals surface area contributed by atoms with E-state index in [-0.39, 0.29) is 25.1 Å². The van der Waals surface area contributed by atoms with Crippen molar-refractivity contribution < 1.29 is 23.9 Å². The Hall–Kier alpha value is -0.860. The number of hydrogen-bond acceptors (Lipinski definition) is 4. The van der Waals surface area contributed by atoms with Gasteiger partial charge in [0.15, 0.2) is 0 Å². The lowest BCUT2D eigenvalue weighted by Crippen LogP contribution is -2.37. The number of aliphatic hydroxyl groups is 1. The highest BCUT2D eigenvalue weighted by molar-refractivity contribution is 7.32. The molecule has 1 rings (SSSR count). The molecule has 18 heavy (non-hydrogen) atoms. The van der Waals surface area contributed by atoms with Crippen LogP contribution in [-0.2, 0) is 13.9 Å². The molecule has 0 bridgehead atoms. The van der Waals surface area contributed by atoms with Crippen molar-refractivity contribution >= 4 is 14.2 Å². The summed E-state index contributed by atoms with van der Waals surface area (Å²) in [5.41, 5.74) is 0. The van der Waals surface area contributed by atoms with Gasteiger partial charge in [-0.15, -0.1) is 12.3 Å². The molecule has 7 heteroatoms. The van der Waals surface area contributed by atoms with Crippen molar-refractivity contribution in [3.8, 4) is 12.3 Å². The summed E-state index contributed by atoms with van der Waals surface area (Å²) in [6.07, 6.45) is 6.47. The van der Waals surface area contributed by atoms with E-state index in [0.29, 0.717) is 25.7 Å². The number of carbonyl (C=O) groups excluding carboxylic acids is 1. The molecule has 1 heterocycles. The van der Waals surface area contributed by atoms with Crippen LogP contribution in [0.1, 0.15) is 25.7 Å². The van der Waals surface area contributed by atoms with E-state index in [0.717, 1.165) is 0 Å². The number of hydrogen-bond donors (Lipinski definition) is 2. The van der Waals surface area contributed by atoms with E-state index in [1.165, 1.54) is 4.90 Å². The number of likely N-dealkylation sites (tertiary alicyclic amines) is 1. The summed E-state index contributed by atoms with van der Waals surface area (Å²) in [5, 5.41) is 9.19. The third kappa shape index (κ3) is 4.43. The Bertz CT molecular complexity index is 354. The molecular formula is C11H18NO5P. The first-order valence-electron chi connectivity index (χ1n) is 5.81. The zero-order chi connectivity index (χ0) is 13.5. The molecular weight excluding hydrogens is 257 g/mol. The second-order valence-corrected chi connectivity index (χ2v) is 4.95. The second-order valence-electron chi connectivity index (χ2n) is 4.18. The van der Waals surface area contributed by atoms with Crippen molar-refractivity contribution in [2.24, 2.45) is 0 Å². The van der Waals surface area contributed by atoms with Crippen LogP contribution in [0.4, 0.5) is 0 Å². The van der Waals surface area contributed by atoms with Crippen LogP contribution >= 0.6 is 8.25 Å². The highest BCUT2D eigenvalue weighted by Gasteiger charge is 2.35. The van der Waals surface area contributed by atoms with E-state index in [1.54, 1.807) is 0 Å². The van der Waals surface area contributed by atoms with Crippen molar-refractivity contribution in [3.05, 3.63) is 0 Å². The maximum absolute atomic E-state index is 11.9. The minimum atomic E-state index is -3.01. The van der Waals surface area contributed by atoms with E-state index in [9.17, 15) is 14.5 Å². The average Bonchev–Trinajstić information content (AvgIpc) is 2.71. The SMILES string of the molecule is C#CCCCC(=O)N1C[C@H](O[PH](=O)O)C[C@H]1CO. The summed E-state index contributed by atoms with van der Waals surface area (Å²) >= 11 is 0. The lowest BCUT2D eigenvalue weighted by atomic mass is 10.2. The summed E-state index contributed by atoms with van der Waals surface area (Å²) in [6, 6.07) is -0.338. The molecule has 1 fully saturated rings. The molecule has 0 aliphatic carbocycles. The monoisotopic (exact) mass is 275 g/mol. The fourth-order valence-electron chi connectivity index (χ4n) is 2.07. The lowest BCUT2D eigenvalue weighted by Gasteiger charge is -2.22. The molecule has 2 N–H and O–H groups in total. The van der Waals surface area contributed by atoms with E-state index >= 15 is 0 Å². The Morgan fingerprint density at radius 1 is 1.61 bits per heavy atom. The molecule has 102 valence electrons. The van der Waals surface area contributed by atoms with Crippen LogP contribution in [0, 0.1) is 12.3 Å². The predicted molar refractivity (Wildman–Crippen MR) is 66.0 cm³/mol. The predicted octanol–water partition coefficient (Wildman–Crippen LogP) is 0.150. The first-order chi connectivity index (χ1) is 8.58. The zero-order valence-corrected chi connectivity index (χ0v) is 11.0. The molecule has 0 spiro atoms. The van der Waals surface area contributed by atoms with Crippen molar-refractivity contribution in [1.82, 2.24) is 4.90 Å². The molecule has 0 saturated carbocycles. The second kappa shape index (κ2) is 7.55. The van der Waals surface area contributed by atoms with Crippen molar-refractivity contribution in [3.63, 3.8) is 0 Å². The Morgan fingerprint density at radius 2 is 2.33 bits per heavy atom. The van der Waals surface area contributed by atoms with Gasteiger partial charge in [-0.1, -0.05) is 0 Å². The van der Waals surface area contributed by atoms with Crippen LogP contribution < -0.4 is 0 Å². The number of nitrogens with zero attached hydrogens (tertiary/aromatic N) is 1. The molecule has 1 saturated heterocycles. The molecule has 0 radical (unpaired) electrons. The van der Waals surface area contributed by atoms with E-state index in [2.05, 4.69) is 5.92 Å². The van der Waals surface area contributed by atoms with Gasteiger partial charge in [0, 0.05) is 19.4 Å². The largest absolute Gasteiger partial charge is 0.394 e. The quantitative estimate of drug-likeness (QED) is 0.409. The lowest BCUT2D eigenvalue weighted by molar-refractivity contribution is -0.133. The third-order valence-electron chi connectivity index (χ3n) is 2.89. The molecule has 0 aromatic rings. The normalized spacial score (nSPS) is 24.8. The standard InChI is InChI=1S/C11H18NO5P/c1-2-3-4-5-11(14)12-7-10(17-18(15)16)6-9(12)8-13/h1,9-10,13,18H,3-8H2,(H,15,16)/t9-,10+/m0/s1. The Labute approximate surface area is 107 Å². The molecule has 1 unspecified atom stereocenters. The molecule has 6 nitrogen and oxygen atoms in total. The zero-order valence-electron chi connectivity index (χ0n) is 10.0. The molecule has 1 aliphatic heterocycles. The Kier molecular flexibility index (Phi) is 6.37. The summed E-state index contributed by atoms with van der Waals surface area (Å²) in [5.74, 6) is 2.35. The number of carbonyl (C=O) groups is 1. The van der Waals surface area contributed by atoms with Gasteiger partial charge in [-0.2, -0.15) is 0 Å². The van der Waals surface area contributed by atoms with Gasteiger partial charge < -0.3 is 19.4 Å². The maximum atomic E-state index is 11.9. The molecule has 1 amide bonds. The third-order valence-corrected chi connectivity index (χ3v) is 3.42. The van der Waals surface area contributed by atoms with Crippen LogP contribution in [0.25, 0.3) is 0 Å². The molecule has 0 aromatic carbocycles. The topological polar surface area (TPSA) is 87.1 Å². The van der Waals surface area contributed by atoms with Crippen molar-refractivity contribution in [1.29, 1.82) is 0 Å². The number of terminal acetylenes is 1. The van der Waals surface area contributed by atoms with Gasteiger partial charge in [0.2, 0.25) is 5.91 Å². The van der Waals surface area contributed by atoms with Gasteiger partial charge in [-0.05, 0) is 12.8 Å². The highest BCUT2D eigenvalue weighted by atomic mass is 31.1. The number of aliphatic hydroxyl groups excluding tert-OH is 1. The minimum Gasteiger partial charge on any atom is -0.394 e. The smallest absolute Gasteiger partial charge is 0.316 e. The average molecular weight is 275 g/mol. The van der Waals surface area contributed by atoms with Crippen molar-refractivity contribution in [2.45, 2.75) is 37.8 Å². The fraction of sp³-hybridized carbons (Fsp3) is 0.727. The van der Waals surface area contributed by atoms with Crippen LogP contribution in [0.2, 0.25) is 0 Å². The summed E-state index contributed by atoms with van der Waals surface area (Å²) < 4.78 is 15.4. The minimum absolute atomic E-state index is 0.104. The van der Waals surface area contributed by atoms with Gasteiger partial charge in [-0.3, -0.25) is 9.36 Å². The Morgan fingerprint density at radius 3 is 2.89 bits per heavy atom. The van der Waals surface area contributed by atoms with E-state index < -0.39 is 14.4 Å². The summed E-state index contributed by atoms with van der Waals surface area (Å²) in [6.45, 7) is 0.0736. The van der Waals surface area contributed by atoms with Crippen molar-refractivity contribution in [2.75, 3.05) is 13.2 Å². The van der Waals surface area contributed by atoms with Gasteiger partial charge in [-0.25, -0.2) is 0 Å². The van der Waals surface area contributed by atoms with Gasteiger partial charge in [0.25, 0.3) is 0 Å². The summed E-state index contributed by atoms with van der Waals surface area (Å²) in [4.78, 5) is 22.1. The van der Waals surface area contributed by atoms with Gasteiger partial charge in [0.05, 0.1) is 18.8 Å². The van der Waals surface area contributed by atoms with Crippen LogP contribution in [-0.4, -0.2) is 46.1 Å². The number of rotatable bonds is 6. The molecule has 0 aromatic heterocycles. The number of amides is 1. The molecule has 3 atom stereocenters.